The summed E-state index contributed by atoms with van der Waals surface area (Å²) in [5.74, 6) is 1.37. The molecule has 0 aliphatic heterocycles. The highest BCUT2D eigenvalue weighted by Gasteiger charge is 2.28. The second kappa shape index (κ2) is 30.3. The Bertz CT molecular complexity index is 9580. The smallest absolute Gasteiger partial charge is 0.241 e. The van der Waals surface area contributed by atoms with Crippen LogP contribution in [-0.4, -0.2) is 51.5 Å². The van der Waals surface area contributed by atoms with Crippen LogP contribution in [0.5, 0.6) is 0 Å². The van der Waals surface area contributed by atoms with Crippen LogP contribution < -0.4 is 0 Å². The van der Waals surface area contributed by atoms with Crippen molar-refractivity contribution in [2.75, 3.05) is 0 Å². The number of benzene rings is 21. The van der Waals surface area contributed by atoms with Gasteiger partial charge in [-0.05, 0) is 274 Å². The van der Waals surface area contributed by atoms with E-state index in [2.05, 4.69) is 516 Å². The number of nitrogens with zero attached hydrogens (tertiary/aromatic N) is 11. The fourth-order valence-corrected chi connectivity index (χ4v) is 23.2. The molecule has 9 aromatic heterocycles. The van der Waals surface area contributed by atoms with Crippen molar-refractivity contribution in [1.82, 2.24) is 51.5 Å². The van der Waals surface area contributed by atoms with Crippen LogP contribution in [0.3, 0.4) is 0 Å². The van der Waals surface area contributed by atoms with E-state index in [1.807, 2.05) is 0 Å². The van der Waals surface area contributed by atoms with Crippen molar-refractivity contribution in [2.24, 2.45) is 0 Å². The van der Waals surface area contributed by atoms with Gasteiger partial charge in [-0.25, -0.2) is 0 Å². The molecule has 0 atom stereocenters. The minimum atomic E-state index is 0.454. The molecule has 650 valence electrons. The van der Waals surface area contributed by atoms with Crippen LogP contribution in [0.2, 0.25) is 0 Å². The van der Waals surface area contributed by atoms with Gasteiger partial charge >= 0.3 is 0 Å². The third-order valence-corrected chi connectivity index (χ3v) is 29.5. The number of rotatable bonds is 13. The third-order valence-electron chi connectivity index (χ3n) is 29.5. The van der Waals surface area contributed by atoms with Crippen LogP contribution in [0.25, 0.3) is 276 Å². The Hall–Kier alpha value is -19.0. The number of aromatic nitrogens is 11. The average molecular weight is 1780 g/mol. The number of fused-ring (bicyclic) bond motifs is 24. The average Bonchev–Trinajstić information content (AvgIpc) is 1.87. The second-order valence-electron chi connectivity index (χ2n) is 37.0. The van der Waals surface area contributed by atoms with E-state index >= 15 is 0 Å². The molecule has 11 heteroatoms. The molecule has 0 unspecified atom stereocenters. The van der Waals surface area contributed by atoms with Gasteiger partial charge in [0.15, 0.2) is 0 Å². The Kier molecular flexibility index (Phi) is 16.7. The zero-order valence-corrected chi connectivity index (χ0v) is 75.5. The first-order valence-corrected chi connectivity index (χ1v) is 47.9. The quantitative estimate of drug-likeness (QED) is 0.115. The van der Waals surface area contributed by atoms with Gasteiger partial charge < -0.3 is 22.8 Å². The normalized spacial score (nSPS) is 12.1. The van der Waals surface area contributed by atoms with Gasteiger partial charge in [0.1, 0.15) is 0 Å². The van der Waals surface area contributed by atoms with Crippen LogP contribution in [0.1, 0.15) is 0 Å². The van der Waals surface area contributed by atoms with Crippen molar-refractivity contribution in [3.63, 3.8) is 0 Å². The van der Waals surface area contributed by atoms with Gasteiger partial charge in [-0.2, -0.15) is 15.0 Å². The summed E-state index contributed by atoms with van der Waals surface area (Å²) < 4.78 is 18.8. The Morgan fingerprint density at radius 3 is 0.386 bits per heavy atom. The van der Waals surface area contributed by atoms with Crippen LogP contribution in [0.15, 0.2) is 479 Å². The Morgan fingerprint density at radius 1 is 0.100 bits per heavy atom. The molecule has 0 saturated heterocycles. The molecule has 21 aromatic carbocycles. The lowest BCUT2D eigenvalue weighted by Gasteiger charge is -2.14. The predicted octanol–water partition coefficient (Wildman–Crippen LogP) is 33.0. The topological polar surface area (TPSA) is 78.1 Å². The highest BCUT2D eigenvalue weighted by molar-refractivity contribution is 6.20. The van der Waals surface area contributed by atoms with Crippen molar-refractivity contribution >= 4 is 174 Å². The maximum absolute atomic E-state index is 6.07. The maximum Gasteiger partial charge on any atom is 0.241 e. The summed E-state index contributed by atoms with van der Waals surface area (Å²) in [7, 11) is 0. The first-order valence-electron chi connectivity index (χ1n) is 47.9. The predicted molar refractivity (Wildman–Crippen MR) is 582 cm³/mol. The summed E-state index contributed by atoms with van der Waals surface area (Å²) in [6.07, 6.45) is 0. The third kappa shape index (κ3) is 11.7. The fraction of sp³-hybridized carbons (Fsp3) is 0. The van der Waals surface area contributed by atoms with Crippen molar-refractivity contribution < 1.29 is 0 Å². The molecular weight excluding hydrogens is 1700 g/mol. The molecule has 0 radical (unpaired) electrons. The Morgan fingerprint density at radius 2 is 0.221 bits per heavy atom. The monoisotopic (exact) mass is 1780 g/mol. The van der Waals surface area contributed by atoms with E-state index < -0.39 is 0 Å². The van der Waals surface area contributed by atoms with Crippen molar-refractivity contribution in [3.05, 3.63) is 479 Å². The van der Waals surface area contributed by atoms with Gasteiger partial charge in [0.05, 0.1) is 88.3 Å². The summed E-state index contributed by atoms with van der Waals surface area (Å²) >= 11 is 0. The molecule has 140 heavy (non-hydrogen) atoms. The highest BCUT2D eigenvalue weighted by atomic mass is 15.3. The van der Waals surface area contributed by atoms with E-state index in [0.29, 0.717) is 17.8 Å². The molecular formula is C129H79N11. The maximum atomic E-state index is 6.07. The van der Waals surface area contributed by atoms with Crippen molar-refractivity contribution in [2.45, 2.75) is 0 Å². The standard InChI is InChI=1S/C129H79N11/c1-6-28-90(29-7-1)133-111-44-22-16-38-95(111)101-70-80(50-60-117(101)133)85-55-65-122-106(75-85)100-43-21-27-49-116(100)138(122)127-130-128(139-123-66-56-86(81-51-61-118-102(71-81)96-39-17-23-45-112(96)134(118)91-30-8-2-9-31-91)76-107(123)108-77-87(57-67-124(108)139)82-52-62-119-103(72-82)97-40-18-24-46-113(97)135(119)92-32-10-3-11-33-92)132-129(131-127)140-125-68-58-88(83-53-63-120-104(73-83)98-41-19-25-47-114(98)136(120)93-34-12-4-13-35-93)78-109(125)110-79-89(59-69-126(110)140)84-54-64-121-105(74-84)99-42-20-26-48-115(99)137(121)94-36-14-5-15-37-94/h1-79H. The molecule has 30 rings (SSSR count). The van der Waals surface area contributed by atoms with Gasteiger partial charge in [0.2, 0.25) is 17.8 Å². The van der Waals surface area contributed by atoms with E-state index in [1.165, 1.54) is 53.9 Å². The van der Waals surface area contributed by atoms with Crippen LogP contribution in [0, 0.1) is 0 Å². The first-order chi connectivity index (χ1) is 69.4. The van der Waals surface area contributed by atoms with Gasteiger partial charge in [-0.3, -0.25) is 13.7 Å². The molecule has 0 N–H and O–H groups in total. The fourth-order valence-electron chi connectivity index (χ4n) is 23.2. The highest BCUT2D eigenvalue weighted by Crippen LogP contribution is 2.48. The van der Waals surface area contributed by atoms with E-state index in [9.17, 15) is 0 Å². The zero-order chi connectivity index (χ0) is 91.5. The van der Waals surface area contributed by atoms with E-state index in [-0.39, 0.29) is 0 Å². The molecule has 0 fully saturated rings. The molecule has 30 aromatic rings. The lowest BCUT2D eigenvalue weighted by molar-refractivity contribution is 0.848. The summed E-state index contributed by atoms with van der Waals surface area (Å²) in [4.78, 5) is 18.1. The molecule has 0 bridgehead atoms. The minimum absolute atomic E-state index is 0.454. The molecule has 9 heterocycles. The number of para-hydroxylation sites is 11. The van der Waals surface area contributed by atoms with E-state index in [0.717, 1.165) is 205 Å². The largest absolute Gasteiger partial charge is 0.309 e. The van der Waals surface area contributed by atoms with Gasteiger partial charge in [0, 0.05) is 115 Å². The number of hydrogen-bond acceptors (Lipinski definition) is 3. The van der Waals surface area contributed by atoms with Gasteiger partial charge in [-0.15, -0.1) is 0 Å². The molecule has 0 amide bonds. The zero-order valence-electron chi connectivity index (χ0n) is 75.5. The molecule has 11 nitrogen and oxygen atoms in total. The molecule has 0 spiro atoms. The lowest BCUT2D eigenvalue weighted by atomic mass is 9.98. The Labute approximate surface area is 801 Å². The second-order valence-corrected chi connectivity index (χ2v) is 37.0. The first kappa shape index (κ1) is 77.5. The van der Waals surface area contributed by atoms with Crippen LogP contribution in [0.4, 0.5) is 0 Å². The van der Waals surface area contributed by atoms with E-state index in [4.69, 9.17) is 15.0 Å². The van der Waals surface area contributed by atoms with Gasteiger partial charge in [0.25, 0.3) is 0 Å². The van der Waals surface area contributed by atoms with Crippen molar-refractivity contribution in [3.8, 4) is 102 Å². The summed E-state index contributed by atoms with van der Waals surface area (Å²) in [5, 5.41) is 18.2. The minimum Gasteiger partial charge on any atom is -0.309 e. The van der Waals surface area contributed by atoms with Crippen molar-refractivity contribution in [1.29, 1.82) is 0 Å². The summed E-state index contributed by atoms with van der Waals surface area (Å²) in [6, 6.07) is 176. The summed E-state index contributed by atoms with van der Waals surface area (Å²) in [6.45, 7) is 0. The Balaban J connectivity index is 0.668. The molecule has 0 saturated carbocycles. The van der Waals surface area contributed by atoms with E-state index in [1.54, 1.807) is 0 Å². The van der Waals surface area contributed by atoms with Crippen LogP contribution >= 0.6 is 0 Å². The lowest BCUT2D eigenvalue weighted by Crippen LogP contribution is -2.13. The molecule has 0 aliphatic rings. The number of hydrogen-bond donors (Lipinski definition) is 0. The SMILES string of the molecule is c1ccc(-n2c3ccccc3c3cc(-c4ccc5c(c4)c4ccccc4n5-c4nc(-n5c6ccc(-c7ccc8c(c7)c7ccccc7n8-c7ccccc7)cc6c6cc(-c7ccc8c(c7)c7ccccc7n8-c7ccccc7)ccc65)nc(-n5c6ccc(-c7ccc8c(c7)c7ccccc7n8-c7ccccc7)cc6c6cc(-c7ccc8c(c7)c7ccccc7n8-c7ccccc7)ccc65)n4)ccc32)cc1. The molecule has 0 aliphatic carbocycles. The van der Waals surface area contributed by atoms with Gasteiger partial charge in [-0.1, -0.05) is 261 Å². The van der Waals surface area contributed by atoms with Crippen LogP contribution in [-0.2, 0) is 0 Å². The summed E-state index contributed by atoms with van der Waals surface area (Å²) in [5.41, 5.74) is 33.7.